The molecule has 0 bridgehead atoms. The Morgan fingerprint density at radius 2 is 1.82 bits per heavy atom. The van der Waals surface area contributed by atoms with Crippen LogP contribution in [0, 0.1) is 25.7 Å². The van der Waals surface area contributed by atoms with Crippen molar-refractivity contribution in [1.29, 1.82) is 0 Å². The Balaban J connectivity index is 2.05. The number of nitrogens with zero attached hydrogens (tertiary/aromatic N) is 2. The SMILES string of the molecule is Cc1nc(C)c(C(OC(C)(C)C)C(=O)O)c(N2CC[C@H]3CCCC[C@@H]3C2)c1Br. The maximum atomic E-state index is 12.2. The van der Waals surface area contributed by atoms with Crippen molar-refractivity contribution in [2.75, 3.05) is 18.0 Å². The number of hydrogen-bond acceptors (Lipinski definition) is 4. The number of carboxylic acid groups (broad SMARTS) is 1. The van der Waals surface area contributed by atoms with E-state index in [1.807, 2.05) is 34.6 Å². The molecule has 3 rings (SSSR count). The van der Waals surface area contributed by atoms with Crippen LogP contribution in [-0.2, 0) is 9.53 Å². The summed E-state index contributed by atoms with van der Waals surface area (Å²) >= 11 is 3.73. The average molecular weight is 453 g/mol. The molecule has 6 heteroatoms. The van der Waals surface area contributed by atoms with Gasteiger partial charge in [0.25, 0.3) is 0 Å². The first-order valence-corrected chi connectivity index (χ1v) is 11.2. The Kier molecular flexibility index (Phi) is 6.40. The van der Waals surface area contributed by atoms with Crippen molar-refractivity contribution in [2.24, 2.45) is 11.8 Å². The molecule has 156 valence electrons. The summed E-state index contributed by atoms with van der Waals surface area (Å²) in [5, 5.41) is 10.00. The fourth-order valence-electron chi connectivity index (χ4n) is 4.84. The van der Waals surface area contributed by atoms with Crippen LogP contribution < -0.4 is 4.90 Å². The summed E-state index contributed by atoms with van der Waals surface area (Å²) in [6.45, 7) is 11.5. The van der Waals surface area contributed by atoms with Crippen LogP contribution in [0.2, 0.25) is 0 Å². The highest BCUT2D eigenvalue weighted by Gasteiger charge is 2.37. The Morgan fingerprint density at radius 3 is 2.43 bits per heavy atom. The van der Waals surface area contributed by atoms with Crippen molar-refractivity contribution in [3.8, 4) is 0 Å². The Labute approximate surface area is 177 Å². The van der Waals surface area contributed by atoms with Crippen LogP contribution in [0.5, 0.6) is 0 Å². The van der Waals surface area contributed by atoms with Crippen LogP contribution >= 0.6 is 15.9 Å². The normalized spacial score (nSPS) is 24.0. The highest BCUT2D eigenvalue weighted by Crippen LogP contribution is 2.44. The molecule has 2 fully saturated rings. The van der Waals surface area contributed by atoms with Gasteiger partial charge in [0.15, 0.2) is 6.10 Å². The first-order valence-electron chi connectivity index (χ1n) is 10.4. The highest BCUT2D eigenvalue weighted by atomic mass is 79.9. The predicted octanol–water partition coefficient (Wildman–Crippen LogP) is 5.42. The lowest BCUT2D eigenvalue weighted by atomic mass is 9.75. The quantitative estimate of drug-likeness (QED) is 0.660. The van der Waals surface area contributed by atoms with E-state index in [9.17, 15) is 9.90 Å². The Hall–Kier alpha value is -1.14. The zero-order valence-corrected chi connectivity index (χ0v) is 19.3. The summed E-state index contributed by atoms with van der Waals surface area (Å²) in [4.78, 5) is 19.2. The standard InChI is InChI=1S/C22H33BrN2O3/c1-13-17(20(21(26)27)28-22(3,4)5)19(18(23)14(2)24-13)25-11-10-15-8-6-7-9-16(15)12-25/h15-16,20H,6-12H2,1-5H3,(H,26,27)/t15-,16-,20?/m1/s1. The minimum absolute atomic E-state index is 0.569. The van der Waals surface area contributed by atoms with Crippen LogP contribution in [-0.4, -0.2) is 34.8 Å². The van der Waals surface area contributed by atoms with Crippen molar-refractivity contribution in [2.45, 2.75) is 78.4 Å². The van der Waals surface area contributed by atoms with Crippen molar-refractivity contribution < 1.29 is 14.6 Å². The summed E-state index contributed by atoms with van der Waals surface area (Å²) in [6.07, 6.45) is 5.41. The van der Waals surface area contributed by atoms with Gasteiger partial charge in [-0.25, -0.2) is 4.79 Å². The second-order valence-electron chi connectivity index (χ2n) is 9.35. The molecule has 2 aliphatic rings. The smallest absolute Gasteiger partial charge is 0.337 e. The molecule has 5 nitrogen and oxygen atoms in total. The van der Waals surface area contributed by atoms with E-state index in [0.717, 1.165) is 40.6 Å². The highest BCUT2D eigenvalue weighted by molar-refractivity contribution is 9.10. The van der Waals surface area contributed by atoms with E-state index in [2.05, 4.69) is 25.8 Å². The van der Waals surface area contributed by atoms with Gasteiger partial charge in [-0.3, -0.25) is 4.98 Å². The summed E-state index contributed by atoms with van der Waals surface area (Å²) in [6, 6.07) is 0. The lowest BCUT2D eigenvalue weighted by Crippen LogP contribution is -2.43. The number of pyridine rings is 1. The van der Waals surface area contributed by atoms with Gasteiger partial charge in [0, 0.05) is 24.3 Å². The van der Waals surface area contributed by atoms with E-state index in [0.29, 0.717) is 11.5 Å². The van der Waals surface area contributed by atoms with E-state index in [1.54, 1.807) is 0 Å². The number of anilines is 1. The Morgan fingerprint density at radius 1 is 1.18 bits per heavy atom. The zero-order chi connectivity index (χ0) is 20.6. The lowest BCUT2D eigenvalue weighted by molar-refractivity contribution is -0.160. The molecular formula is C22H33BrN2O3. The number of halogens is 1. The van der Waals surface area contributed by atoms with Gasteiger partial charge in [-0.2, -0.15) is 0 Å². The van der Waals surface area contributed by atoms with Gasteiger partial charge in [0.05, 0.1) is 21.5 Å². The number of fused-ring (bicyclic) bond motifs is 1. The van der Waals surface area contributed by atoms with Crippen molar-refractivity contribution in [3.05, 3.63) is 21.4 Å². The van der Waals surface area contributed by atoms with E-state index in [1.165, 1.54) is 32.1 Å². The predicted molar refractivity (Wildman–Crippen MR) is 115 cm³/mol. The fourth-order valence-corrected chi connectivity index (χ4v) is 5.39. The maximum Gasteiger partial charge on any atom is 0.337 e. The second-order valence-corrected chi connectivity index (χ2v) is 10.1. The number of carboxylic acids is 1. The van der Waals surface area contributed by atoms with Crippen molar-refractivity contribution in [3.63, 3.8) is 0 Å². The molecule has 1 saturated carbocycles. The number of rotatable bonds is 4. The topological polar surface area (TPSA) is 62.7 Å². The van der Waals surface area contributed by atoms with Crippen LogP contribution in [0.1, 0.15) is 75.9 Å². The summed E-state index contributed by atoms with van der Waals surface area (Å²) in [7, 11) is 0. The number of carbonyl (C=O) groups is 1. The van der Waals surface area contributed by atoms with Gasteiger partial charge in [-0.1, -0.05) is 19.3 Å². The molecule has 1 aliphatic heterocycles. The largest absolute Gasteiger partial charge is 0.479 e. The number of piperidine rings is 1. The Bertz CT molecular complexity index is 744. The van der Waals surface area contributed by atoms with Gasteiger partial charge in [-0.05, 0) is 75.2 Å². The molecule has 1 N–H and O–H groups in total. The van der Waals surface area contributed by atoms with Crippen LogP contribution in [0.15, 0.2) is 4.47 Å². The number of aryl methyl sites for hydroxylation is 2. The molecule has 1 saturated heterocycles. The molecule has 1 aliphatic carbocycles. The van der Waals surface area contributed by atoms with Gasteiger partial charge in [0.1, 0.15) is 0 Å². The molecule has 0 aromatic carbocycles. The van der Waals surface area contributed by atoms with Crippen LogP contribution in [0.4, 0.5) is 5.69 Å². The molecular weight excluding hydrogens is 420 g/mol. The molecule has 0 radical (unpaired) electrons. The molecule has 28 heavy (non-hydrogen) atoms. The van der Waals surface area contributed by atoms with E-state index in [-0.39, 0.29) is 0 Å². The fraction of sp³-hybridized carbons (Fsp3) is 0.727. The van der Waals surface area contributed by atoms with Crippen molar-refractivity contribution >= 4 is 27.6 Å². The van der Waals surface area contributed by atoms with Crippen LogP contribution in [0.3, 0.4) is 0 Å². The van der Waals surface area contributed by atoms with E-state index in [4.69, 9.17) is 4.74 Å². The third-order valence-corrected chi connectivity index (χ3v) is 7.02. The lowest BCUT2D eigenvalue weighted by Gasteiger charge is -2.44. The monoisotopic (exact) mass is 452 g/mol. The van der Waals surface area contributed by atoms with Crippen LogP contribution in [0.25, 0.3) is 0 Å². The third kappa shape index (κ3) is 4.54. The molecule has 1 aromatic rings. The summed E-state index contributed by atoms with van der Waals surface area (Å²) < 4.78 is 6.91. The van der Waals surface area contributed by atoms with Gasteiger partial charge in [0.2, 0.25) is 0 Å². The summed E-state index contributed by atoms with van der Waals surface area (Å²) in [5.41, 5.74) is 2.71. The molecule has 3 atom stereocenters. The molecule has 0 spiro atoms. The van der Waals surface area contributed by atoms with Gasteiger partial charge < -0.3 is 14.7 Å². The zero-order valence-electron chi connectivity index (χ0n) is 17.7. The third-order valence-electron chi connectivity index (χ3n) is 6.07. The average Bonchev–Trinajstić information content (AvgIpc) is 2.61. The van der Waals surface area contributed by atoms with E-state index >= 15 is 0 Å². The maximum absolute atomic E-state index is 12.2. The number of ether oxygens (including phenoxy) is 1. The number of aliphatic carboxylic acids is 1. The van der Waals surface area contributed by atoms with Crippen molar-refractivity contribution in [1.82, 2.24) is 4.98 Å². The molecule has 0 amide bonds. The number of hydrogen-bond donors (Lipinski definition) is 1. The van der Waals surface area contributed by atoms with Gasteiger partial charge in [-0.15, -0.1) is 0 Å². The molecule has 1 unspecified atom stereocenters. The number of aromatic nitrogens is 1. The molecule has 2 heterocycles. The minimum atomic E-state index is -1.04. The first-order chi connectivity index (χ1) is 13.1. The first kappa shape index (κ1) is 21.6. The molecule has 1 aromatic heterocycles. The summed E-state index contributed by atoms with van der Waals surface area (Å²) in [5.74, 6) is 0.546. The second kappa shape index (κ2) is 8.31. The van der Waals surface area contributed by atoms with E-state index < -0.39 is 17.7 Å². The minimum Gasteiger partial charge on any atom is -0.479 e. The van der Waals surface area contributed by atoms with Gasteiger partial charge >= 0.3 is 5.97 Å².